The predicted octanol–water partition coefficient (Wildman–Crippen LogP) is 1.80. The fourth-order valence-corrected chi connectivity index (χ4v) is 2.58. The number of hydrogen-bond acceptors (Lipinski definition) is 6. The highest BCUT2D eigenvalue weighted by molar-refractivity contribution is 8.00. The van der Waals surface area contributed by atoms with Crippen LogP contribution in [-0.2, 0) is 6.54 Å². The summed E-state index contributed by atoms with van der Waals surface area (Å²) in [7, 11) is 1.92. The normalized spacial score (nSPS) is 10.5. The summed E-state index contributed by atoms with van der Waals surface area (Å²) in [5.41, 5.74) is 1.18. The van der Waals surface area contributed by atoms with Crippen LogP contribution in [0.5, 0.6) is 0 Å². The van der Waals surface area contributed by atoms with Crippen LogP contribution in [-0.4, -0.2) is 21.4 Å². The van der Waals surface area contributed by atoms with E-state index >= 15 is 0 Å². The van der Waals surface area contributed by atoms with Crippen molar-refractivity contribution >= 4 is 23.3 Å². The maximum atomic E-state index is 4.33. The van der Waals surface area contributed by atoms with E-state index in [1.165, 1.54) is 17.1 Å². The van der Waals surface area contributed by atoms with Gasteiger partial charge in [0.15, 0.2) is 4.34 Å². The van der Waals surface area contributed by atoms with E-state index < -0.39 is 0 Å². The number of rotatable bonds is 4. The molecule has 15 heavy (non-hydrogen) atoms. The molecule has 2 heterocycles. The number of nitrogens with zero attached hydrogens (tertiary/aromatic N) is 3. The fourth-order valence-electron chi connectivity index (χ4n) is 1.13. The topological polar surface area (TPSA) is 50.7 Å². The number of nitrogens with one attached hydrogen (secondary N) is 1. The molecule has 2 rings (SSSR count). The van der Waals surface area contributed by atoms with Gasteiger partial charge in [-0.2, -0.15) is 4.37 Å². The summed E-state index contributed by atoms with van der Waals surface area (Å²) in [6, 6.07) is 4.00. The zero-order chi connectivity index (χ0) is 10.5. The minimum atomic E-state index is 0.814. The van der Waals surface area contributed by atoms with Crippen LogP contribution in [0.25, 0.3) is 0 Å². The summed E-state index contributed by atoms with van der Waals surface area (Å²) in [6.45, 7) is 0.814. The highest BCUT2D eigenvalue weighted by atomic mass is 32.2. The van der Waals surface area contributed by atoms with Gasteiger partial charge in [-0.05, 0) is 42.0 Å². The Labute approximate surface area is 96.3 Å². The second-order valence-electron chi connectivity index (χ2n) is 2.81. The SMILES string of the molecule is CNCc1cccnc1Sc1ncns1. The Balaban J connectivity index is 2.20. The minimum absolute atomic E-state index is 0.814. The lowest BCUT2D eigenvalue weighted by atomic mass is 10.3. The summed E-state index contributed by atoms with van der Waals surface area (Å²) in [5.74, 6) is 0. The van der Waals surface area contributed by atoms with Crippen LogP contribution < -0.4 is 5.32 Å². The Hall–Kier alpha value is -0.980. The third-order valence-corrected chi connectivity index (χ3v) is 3.52. The molecule has 0 aliphatic carbocycles. The van der Waals surface area contributed by atoms with Gasteiger partial charge in [0.05, 0.1) is 0 Å². The van der Waals surface area contributed by atoms with Crippen molar-refractivity contribution < 1.29 is 0 Å². The van der Waals surface area contributed by atoms with E-state index in [2.05, 4.69) is 25.7 Å². The number of hydrogen-bond donors (Lipinski definition) is 1. The molecule has 0 aromatic carbocycles. The van der Waals surface area contributed by atoms with Gasteiger partial charge in [-0.1, -0.05) is 6.07 Å². The molecule has 0 aliphatic rings. The molecule has 0 atom stereocenters. The molecule has 2 aromatic rings. The minimum Gasteiger partial charge on any atom is -0.316 e. The highest BCUT2D eigenvalue weighted by Gasteiger charge is 2.06. The molecule has 0 amide bonds. The molecule has 0 radical (unpaired) electrons. The van der Waals surface area contributed by atoms with E-state index in [4.69, 9.17) is 0 Å². The molecular weight excluding hydrogens is 228 g/mol. The van der Waals surface area contributed by atoms with Crippen LogP contribution >= 0.6 is 23.3 Å². The third kappa shape index (κ3) is 2.74. The van der Waals surface area contributed by atoms with Gasteiger partial charge < -0.3 is 5.32 Å². The quantitative estimate of drug-likeness (QED) is 0.880. The van der Waals surface area contributed by atoms with E-state index in [0.717, 1.165) is 15.9 Å². The molecule has 0 unspecified atom stereocenters. The molecule has 0 saturated heterocycles. The molecule has 0 fully saturated rings. The zero-order valence-corrected chi connectivity index (χ0v) is 9.81. The standard InChI is InChI=1S/C9H10N4S2/c1-10-5-7-3-2-4-11-8(7)14-9-12-6-13-15-9/h2-4,6,10H,5H2,1H3. The number of aromatic nitrogens is 3. The second-order valence-corrected chi connectivity index (χ2v) is 4.82. The molecule has 4 nitrogen and oxygen atoms in total. The Morgan fingerprint density at radius 1 is 1.47 bits per heavy atom. The Morgan fingerprint density at radius 2 is 2.40 bits per heavy atom. The first-order valence-electron chi connectivity index (χ1n) is 4.43. The lowest BCUT2D eigenvalue weighted by Gasteiger charge is -2.04. The van der Waals surface area contributed by atoms with Crippen molar-refractivity contribution in [1.29, 1.82) is 0 Å². The van der Waals surface area contributed by atoms with E-state index in [1.54, 1.807) is 24.3 Å². The zero-order valence-electron chi connectivity index (χ0n) is 8.17. The van der Waals surface area contributed by atoms with Crippen molar-refractivity contribution in [3.63, 3.8) is 0 Å². The van der Waals surface area contributed by atoms with Gasteiger partial charge in [0.25, 0.3) is 0 Å². The van der Waals surface area contributed by atoms with Gasteiger partial charge in [0.2, 0.25) is 0 Å². The van der Waals surface area contributed by atoms with Crippen molar-refractivity contribution in [3.05, 3.63) is 30.2 Å². The third-order valence-electron chi connectivity index (χ3n) is 1.74. The van der Waals surface area contributed by atoms with Gasteiger partial charge in [-0.25, -0.2) is 9.97 Å². The van der Waals surface area contributed by atoms with Crippen LogP contribution in [0.2, 0.25) is 0 Å². The fraction of sp³-hybridized carbons (Fsp3) is 0.222. The van der Waals surface area contributed by atoms with Crippen molar-refractivity contribution in [2.24, 2.45) is 0 Å². The molecule has 78 valence electrons. The molecule has 1 N–H and O–H groups in total. The smallest absolute Gasteiger partial charge is 0.176 e. The maximum absolute atomic E-state index is 4.33. The summed E-state index contributed by atoms with van der Waals surface area (Å²) >= 11 is 2.94. The van der Waals surface area contributed by atoms with Crippen LogP contribution in [0.3, 0.4) is 0 Å². The molecule has 0 aliphatic heterocycles. The summed E-state index contributed by atoms with van der Waals surface area (Å²) in [6.07, 6.45) is 3.36. The average Bonchev–Trinajstić information content (AvgIpc) is 2.74. The average molecular weight is 238 g/mol. The molecule has 0 saturated carbocycles. The van der Waals surface area contributed by atoms with Gasteiger partial charge in [0, 0.05) is 12.7 Å². The Morgan fingerprint density at radius 3 is 3.13 bits per heavy atom. The largest absolute Gasteiger partial charge is 0.316 e. The molecule has 0 spiro atoms. The highest BCUT2D eigenvalue weighted by Crippen LogP contribution is 2.28. The summed E-state index contributed by atoms with van der Waals surface area (Å²) < 4.78 is 4.88. The molecule has 6 heteroatoms. The molecule has 2 aromatic heterocycles. The van der Waals surface area contributed by atoms with E-state index in [0.29, 0.717) is 0 Å². The Bertz CT molecular complexity index is 416. The van der Waals surface area contributed by atoms with E-state index in [9.17, 15) is 0 Å². The van der Waals surface area contributed by atoms with Gasteiger partial charge in [0.1, 0.15) is 11.4 Å². The molecular formula is C9H10N4S2. The monoisotopic (exact) mass is 238 g/mol. The number of pyridine rings is 1. The van der Waals surface area contributed by atoms with Crippen LogP contribution in [0, 0.1) is 0 Å². The van der Waals surface area contributed by atoms with Crippen LogP contribution in [0.1, 0.15) is 5.56 Å². The van der Waals surface area contributed by atoms with E-state index in [1.807, 2.05) is 13.1 Å². The van der Waals surface area contributed by atoms with E-state index in [-0.39, 0.29) is 0 Å². The first-order valence-corrected chi connectivity index (χ1v) is 6.02. The second kappa shape index (κ2) is 5.20. The van der Waals surface area contributed by atoms with Gasteiger partial charge >= 0.3 is 0 Å². The van der Waals surface area contributed by atoms with Crippen molar-refractivity contribution in [2.45, 2.75) is 15.9 Å². The van der Waals surface area contributed by atoms with Crippen molar-refractivity contribution in [1.82, 2.24) is 19.7 Å². The van der Waals surface area contributed by atoms with Crippen LogP contribution in [0.15, 0.2) is 34.0 Å². The predicted molar refractivity (Wildman–Crippen MR) is 61.0 cm³/mol. The lowest BCUT2D eigenvalue weighted by molar-refractivity contribution is 0.789. The molecule has 0 bridgehead atoms. The van der Waals surface area contributed by atoms with Crippen molar-refractivity contribution in [3.8, 4) is 0 Å². The first-order chi connectivity index (χ1) is 7.40. The van der Waals surface area contributed by atoms with Gasteiger partial charge in [-0.3, -0.25) is 0 Å². The summed E-state index contributed by atoms with van der Waals surface area (Å²) in [4.78, 5) is 8.46. The Kier molecular flexibility index (Phi) is 3.65. The maximum Gasteiger partial charge on any atom is 0.176 e. The van der Waals surface area contributed by atoms with Crippen molar-refractivity contribution in [2.75, 3.05) is 7.05 Å². The first kappa shape index (κ1) is 10.5. The van der Waals surface area contributed by atoms with Crippen LogP contribution in [0.4, 0.5) is 0 Å². The summed E-state index contributed by atoms with van der Waals surface area (Å²) in [5, 5.41) is 4.11. The van der Waals surface area contributed by atoms with Gasteiger partial charge in [-0.15, -0.1) is 0 Å². The lowest BCUT2D eigenvalue weighted by Crippen LogP contribution is -2.06.